The first-order chi connectivity index (χ1) is 8.53. The van der Waals surface area contributed by atoms with Crippen LogP contribution in [0.5, 0.6) is 0 Å². The maximum atomic E-state index is 11.6. The van der Waals surface area contributed by atoms with Crippen molar-refractivity contribution in [3.63, 3.8) is 0 Å². The Hall–Kier alpha value is -0.960. The molecule has 0 atom stereocenters. The van der Waals surface area contributed by atoms with Gasteiger partial charge in [0.1, 0.15) is 4.21 Å². The van der Waals surface area contributed by atoms with E-state index in [0.29, 0.717) is 6.54 Å². The monoisotopic (exact) mass is 289 g/mol. The van der Waals surface area contributed by atoms with Crippen LogP contribution in [0.15, 0.2) is 16.3 Å². The van der Waals surface area contributed by atoms with E-state index in [1.54, 1.807) is 12.1 Å². The Kier molecular flexibility index (Phi) is 4.00. The Morgan fingerprint density at radius 3 is 2.78 bits per heavy atom. The normalized spacial score (nSPS) is 16.3. The van der Waals surface area contributed by atoms with Gasteiger partial charge in [0.05, 0.1) is 12.5 Å². The molecular weight excluding hydrogens is 274 g/mol. The minimum atomic E-state index is -3.38. The lowest BCUT2D eigenvalue weighted by molar-refractivity contribution is -0.126. The maximum absolute atomic E-state index is 11.6. The average molecular weight is 289 g/mol. The maximum Gasteiger partial charge on any atom is 0.249 e. The highest BCUT2D eigenvalue weighted by atomic mass is 32.2. The lowest BCUT2D eigenvalue weighted by Crippen LogP contribution is -2.50. The predicted octanol–water partition coefficient (Wildman–Crippen LogP) is -0.508. The first-order valence-electron chi connectivity index (χ1n) is 5.53. The zero-order valence-electron chi connectivity index (χ0n) is 9.89. The van der Waals surface area contributed by atoms with Gasteiger partial charge in [-0.05, 0) is 19.2 Å². The van der Waals surface area contributed by atoms with Gasteiger partial charge in [-0.3, -0.25) is 4.79 Å². The fourth-order valence-electron chi connectivity index (χ4n) is 1.49. The van der Waals surface area contributed by atoms with Crippen LogP contribution in [0.3, 0.4) is 0 Å². The molecule has 8 heteroatoms. The van der Waals surface area contributed by atoms with Crippen LogP contribution >= 0.6 is 11.3 Å². The van der Waals surface area contributed by atoms with Crippen LogP contribution < -0.4 is 15.4 Å². The number of carbonyl (C=O) groups excluding carboxylic acids is 1. The Morgan fingerprint density at radius 1 is 1.50 bits per heavy atom. The molecule has 100 valence electrons. The van der Waals surface area contributed by atoms with Crippen LogP contribution in [-0.2, 0) is 21.4 Å². The third-order valence-corrected chi connectivity index (χ3v) is 5.75. The molecule has 0 spiro atoms. The molecule has 1 fully saturated rings. The summed E-state index contributed by atoms with van der Waals surface area (Å²) in [5, 5.41) is 5.83. The van der Waals surface area contributed by atoms with Crippen molar-refractivity contribution in [3.05, 3.63) is 17.0 Å². The zero-order chi connectivity index (χ0) is 13.2. The second kappa shape index (κ2) is 5.35. The highest BCUT2D eigenvalue weighted by Gasteiger charge is 2.24. The van der Waals surface area contributed by atoms with E-state index in [-0.39, 0.29) is 16.0 Å². The second-order valence-electron chi connectivity index (χ2n) is 4.00. The highest BCUT2D eigenvalue weighted by Crippen LogP contribution is 2.21. The van der Waals surface area contributed by atoms with E-state index >= 15 is 0 Å². The van der Waals surface area contributed by atoms with E-state index < -0.39 is 10.0 Å². The standard InChI is InChI=1S/C10H15N3O3S2/c1-11-18(15,16)9-3-2-8(17-9)6-13-10(14)7-4-12-5-7/h2-3,7,11-12H,4-6H2,1H3,(H,13,14). The summed E-state index contributed by atoms with van der Waals surface area (Å²) in [6.07, 6.45) is 0. The quantitative estimate of drug-likeness (QED) is 0.681. The van der Waals surface area contributed by atoms with Gasteiger partial charge in [-0.15, -0.1) is 11.3 Å². The van der Waals surface area contributed by atoms with Gasteiger partial charge in [0.2, 0.25) is 15.9 Å². The number of hydrogen-bond donors (Lipinski definition) is 3. The summed E-state index contributed by atoms with van der Waals surface area (Å²) in [5.41, 5.74) is 0. The van der Waals surface area contributed by atoms with Crippen molar-refractivity contribution in [2.45, 2.75) is 10.8 Å². The average Bonchev–Trinajstić information content (AvgIpc) is 2.73. The molecule has 1 aliphatic heterocycles. The highest BCUT2D eigenvalue weighted by molar-refractivity contribution is 7.91. The third kappa shape index (κ3) is 2.89. The molecule has 1 aromatic rings. The molecule has 3 N–H and O–H groups in total. The van der Waals surface area contributed by atoms with Crippen molar-refractivity contribution in [1.82, 2.24) is 15.4 Å². The summed E-state index contributed by atoms with van der Waals surface area (Å²) in [6, 6.07) is 3.26. The molecule has 1 amide bonds. The summed E-state index contributed by atoms with van der Waals surface area (Å²) >= 11 is 1.16. The van der Waals surface area contributed by atoms with Gasteiger partial charge in [-0.25, -0.2) is 13.1 Å². The lowest BCUT2D eigenvalue weighted by atomic mass is 10.0. The van der Waals surface area contributed by atoms with Gasteiger partial charge < -0.3 is 10.6 Å². The molecule has 18 heavy (non-hydrogen) atoms. The van der Waals surface area contributed by atoms with E-state index in [0.717, 1.165) is 29.3 Å². The number of hydrogen-bond acceptors (Lipinski definition) is 5. The molecule has 0 saturated carbocycles. The van der Waals surface area contributed by atoms with Crippen LogP contribution in [0, 0.1) is 5.92 Å². The minimum absolute atomic E-state index is 0.0140. The largest absolute Gasteiger partial charge is 0.351 e. The van der Waals surface area contributed by atoms with Crippen molar-refractivity contribution in [2.24, 2.45) is 5.92 Å². The van der Waals surface area contributed by atoms with Crippen molar-refractivity contribution >= 4 is 27.3 Å². The topological polar surface area (TPSA) is 87.3 Å². The number of nitrogens with one attached hydrogen (secondary N) is 3. The SMILES string of the molecule is CNS(=O)(=O)c1ccc(CNC(=O)C2CNC2)s1. The molecule has 2 rings (SSSR count). The molecule has 0 radical (unpaired) electrons. The predicted molar refractivity (Wildman–Crippen MR) is 68.8 cm³/mol. The van der Waals surface area contributed by atoms with Gasteiger partial charge in [-0.2, -0.15) is 0 Å². The third-order valence-electron chi connectivity index (χ3n) is 2.76. The second-order valence-corrected chi connectivity index (χ2v) is 7.28. The molecule has 2 heterocycles. The molecule has 0 aromatic carbocycles. The van der Waals surface area contributed by atoms with Crippen LogP contribution in [0.4, 0.5) is 0 Å². The van der Waals surface area contributed by atoms with Crippen LogP contribution in [0.2, 0.25) is 0 Å². The molecule has 0 bridgehead atoms. The van der Waals surface area contributed by atoms with E-state index in [1.165, 1.54) is 7.05 Å². The fourth-order valence-corrected chi connectivity index (χ4v) is 3.62. The minimum Gasteiger partial charge on any atom is -0.351 e. The van der Waals surface area contributed by atoms with Gasteiger partial charge in [0.15, 0.2) is 0 Å². The summed E-state index contributed by atoms with van der Waals surface area (Å²) in [7, 11) is -2.00. The Labute approximate surface area is 110 Å². The molecule has 6 nitrogen and oxygen atoms in total. The van der Waals surface area contributed by atoms with Gasteiger partial charge in [0.25, 0.3) is 0 Å². The summed E-state index contributed by atoms with van der Waals surface area (Å²) < 4.78 is 25.6. The Bertz CT molecular complexity index is 534. The van der Waals surface area contributed by atoms with Crippen LogP contribution in [-0.4, -0.2) is 34.5 Å². The first kappa shape index (κ1) is 13.5. The molecule has 1 saturated heterocycles. The molecular formula is C10H15N3O3S2. The lowest BCUT2D eigenvalue weighted by Gasteiger charge is -2.25. The van der Waals surface area contributed by atoms with Gasteiger partial charge in [0, 0.05) is 18.0 Å². The number of sulfonamides is 1. The number of rotatable bonds is 5. The Balaban J connectivity index is 1.92. The molecule has 1 aliphatic rings. The van der Waals surface area contributed by atoms with Crippen LogP contribution in [0.1, 0.15) is 4.88 Å². The van der Waals surface area contributed by atoms with Gasteiger partial charge in [-0.1, -0.05) is 0 Å². The fraction of sp³-hybridized carbons (Fsp3) is 0.500. The summed E-state index contributed by atoms with van der Waals surface area (Å²) in [5.74, 6) is 0.0608. The van der Waals surface area contributed by atoms with Crippen molar-refractivity contribution in [2.75, 3.05) is 20.1 Å². The number of thiophene rings is 1. The molecule has 0 unspecified atom stereocenters. The van der Waals surface area contributed by atoms with Crippen molar-refractivity contribution < 1.29 is 13.2 Å². The van der Waals surface area contributed by atoms with E-state index in [4.69, 9.17) is 0 Å². The molecule has 0 aliphatic carbocycles. The van der Waals surface area contributed by atoms with Gasteiger partial charge >= 0.3 is 0 Å². The van der Waals surface area contributed by atoms with Crippen molar-refractivity contribution in [3.8, 4) is 0 Å². The van der Waals surface area contributed by atoms with Crippen molar-refractivity contribution in [1.29, 1.82) is 0 Å². The molecule has 1 aromatic heterocycles. The summed E-state index contributed by atoms with van der Waals surface area (Å²) in [4.78, 5) is 12.4. The smallest absolute Gasteiger partial charge is 0.249 e. The first-order valence-corrected chi connectivity index (χ1v) is 7.83. The number of carbonyl (C=O) groups is 1. The number of amides is 1. The van der Waals surface area contributed by atoms with Crippen LogP contribution in [0.25, 0.3) is 0 Å². The van der Waals surface area contributed by atoms with E-state index in [9.17, 15) is 13.2 Å². The summed E-state index contributed by atoms with van der Waals surface area (Å²) in [6.45, 7) is 1.81. The van der Waals surface area contributed by atoms with E-state index in [2.05, 4.69) is 15.4 Å². The Morgan fingerprint density at radius 2 is 2.22 bits per heavy atom. The zero-order valence-corrected chi connectivity index (χ0v) is 11.5. The van der Waals surface area contributed by atoms with E-state index in [1.807, 2.05) is 0 Å².